The first-order chi connectivity index (χ1) is 13.6. The average Bonchev–Trinajstić information content (AvgIpc) is 3.15. The van der Waals surface area contributed by atoms with Gasteiger partial charge in [-0.1, -0.05) is 12.1 Å². The number of amides is 1. The summed E-state index contributed by atoms with van der Waals surface area (Å²) in [4.78, 5) is 26.7. The van der Waals surface area contributed by atoms with Gasteiger partial charge in [-0.05, 0) is 49.4 Å². The van der Waals surface area contributed by atoms with E-state index in [1.165, 1.54) is 18.4 Å². The lowest BCUT2D eigenvalue weighted by molar-refractivity contribution is -0.130. The number of nitrogens with zero attached hydrogens (tertiary/aromatic N) is 4. The molecule has 2 aliphatic rings. The van der Waals surface area contributed by atoms with E-state index in [9.17, 15) is 4.79 Å². The van der Waals surface area contributed by atoms with Gasteiger partial charge in [-0.2, -0.15) is 0 Å². The molecule has 148 valence electrons. The van der Waals surface area contributed by atoms with Crippen molar-refractivity contribution in [2.45, 2.75) is 39.0 Å². The summed E-state index contributed by atoms with van der Waals surface area (Å²) >= 11 is 0. The van der Waals surface area contributed by atoms with Crippen molar-refractivity contribution in [1.82, 2.24) is 14.9 Å². The number of fused-ring (bicyclic) bond motifs is 1. The van der Waals surface area contributed by atoms with E-state index in [-0.39, 0.29) is 5.91 Å². The molecular formula is C22H28N4O2. The van der Waals surface area contributed by atoms with Crippen molar-refractivity contribution in [1.29, 1.82) is 0 Å². The number of aromatic nitrogens is 2. The van der Waals surface area contributed by atoms with Gasteiger partial charge < -0.3 is 14.5 Å². The molecule has 0 unspecified atom stereocenters. The fourth-order valence-corrected chi connectivity index (χ4v) is 4.11. The molecule has 0 N–H and O–H groups in total. The summed E-state index contributed by atoms with van der Waals surface area (Å²) in [7, 11) is 1.65. The van der Waals surface area contributed by atoms with Crippen LogP contribution in [0.2, 0.25) is 0 Å². The van der Waals surface area contributed by atoms with Crippen molar-refractivity contribution in [3.63, 3.8) is 0 Å². The molecular weight excluding hydrogens is 352 g/mol. The molecule has 1 saturated heterocycles. The highest BCUT2D eigenvalue weighted by Gasteiger charge is 2.23. The van der Waals surface area contributed by atoms with Crippen LogP contribution in [0.25, 0.3) is 0 Å². The Morgan fingerprint density at radius 3 is 2.46 bits per heavy atom. The first-order valence-electron chi connectivity index (χ1n) is 10.2. The highest BCUT2D eigenvalue weighted by atomic mass is 16.5. The Hall–Kier alpha value is -2.63. The fourth-order valence-electron chi connectivity index (χ4n) is 4.11. The maximum absolute atomic E-state index is 12.8. The molecule has 0 saturated carbocycles. The highest BCUT2D eigenvalue weighted by Crippen LogP contribution is 2.23. The number of hydrogen-bond acceptors (Lipinski definition) is 5. The zero-order valence-corrected chi connectivity index (χ0v) is 16.8. The highest BCUT2D eigenvalue weighted by molar-refractivity contribution is 5.79. The molecule has 2 aliphatic heterocycles. The number of aryl methyl sites for hydroxylation is 1. The average molecular weight is 380 g/mol. The van der Waals surface area contributed by atoms with Gasteiger partial charge in [0.05, 0.1) is 19.2 Å². The van der Waals surface area contributed by atoms with Crippen LogP contribution in [0.4, 0.5) is 5.95 Å². The molecule has 1 aromatic heterocycles. The lowest BCUT2D eigenvalue weighted by atomic mass is 10.1. The summed E-state index contributed by atoms with van der Waals surface area (Å²) in [5.74, 6) is 1.85. The number of anilines is 1. The van der Waals surface area contributed by atoms with Crippen molar-refractivity contribution in [2.75, 3.05) is 38.2 Å². The van der Waals surface area contributed by atoms with Crippen LogP contribution in [0, 0.1) is 6.92 Å². The van der Waals surface area contributed by atoms with Gasteiger partial charge in [-0.25, -0.2) is 9.97 Å². The zero-order chi connectivity index (χ0) is 19.5. The number of hydrogen-bond donors (Lipinski definition) is 0. The molecule has 2 aromatic rings. The van der Waals surface area contributed by atoms with Crippen molar-refractivity contribution in [2.24, 2.45) is 0 Å². The van der Waals surface area contributed by atoms with Gasteiger partial charge in [0, 0.05) is 38.3 Å². The topological polar surface area (TPSA) is 58.6 Å². The Bertz CT molecular complexity index is 844. The molecule has 0 spiro atoms. The fraction of sp³-hybridized carbons (Fsp3) is 0.500. The maximum atomic E-state index is 12.8. The Morgan fingerprint density at radius 2 is 1.75 bits per heavy atom. The Morgan fingerprint density at radius 1 is 1.04 bits per heavy atom. The monoisotopic (exact) mass is 380 g/mol. The van der Waals surface area contributed by atoms with Crippen molar-refractivity contribution >= 4 is 11.9 Å². The number of ether oxygens (including phenoxy) is 1. The molecule has 4 rings (SSSR count). The van der Waals surface area contributed by atoms with Crippen LogP contribution < -0.4 is 9.64 Å². The number of rotatable bonds is 4. The van der Waals surface area contributed by atoms with Gasteiger partial charge in [-0.15, -0.1) is 0 Å². The Labute approximate surface area is 166 Å². The van der Waals surface area contributed by atoms with Crippen LogP contribution in [0.15, 0.2) is 24.3 Å². The minimum absolute atomic E-state index is 0.170. The molecule has 0 aliphatic carbocycles. The summed E-state index contributed by atoms with van der Waals surface area (Å²) in [6, 6.07) is 7.72. The predicted molar refractivity (Wildman–Crippen MR) is 109 cm³/mol. The first kappa shape index (κ1) is 18.7. The molecule has 6 nitrogen and oxygen atoms in total. The van der Waals surface area contributed by atoms with Crippen LogP contribution in [0.1, 0.15) is 35.4 Å². The van der Waals surface area contributed by atoms with E-state index in [0.717, 1.165) is 67.7 Å². The molecule has 1 amide bonds. The zero-order valence-electron chi connectivity index (χ0n) is 16.8. The molecule has 0 bridgehead atoms. The number of benzene rings is 1. The molecule has 1 fully saturated rings. The molecule has 28 heavy (non-hydrogen) atoms. The Kier molecular flexibility index (Phi) is 5.46. The van der Waals surface area contributed by atoms with Crippen LogP contribution in [-0.2, 0) is 24.1 Å². The number of carbonyl (C=O) groups is 1. The van der Waals surface area contributed by atoms with E-state index in [1.54, 1.807) is 7.11 Å². The minimum Gasteiger partial charge on any atom is -0.497 e. The second-order valence-corrected chi connectivity index (χ2v) is 7.63. The lowest BCUT2D eigenvalue weighted by Gasteiger charge is -2.20. The van der Waals surface area contributed by atoms with E-state index < -0.39 is 0 Å². The molecule has 1 aromatic carbocycles. The predicted octanol–water partition coefficient (Wildman–Crippen LogP) is 2.56. The number of carbonyl (C=O) groups excluding carboxylic acids is 1. The van der Waals surface area contributed by atoms with Gasteiger partial charge >= 0.3 is 0 Å². The summed E-state index contributed by atoms with van der Waals surface area (Å²) in [6.45, 7) is 5.62. The largest absolute Gasteiger partial charge is 0.497 e. The van der Waals surface area contributed by atoms with Gasteiger partial charge in [0.1, 0.15) is 5.75 Å². The van der Waals surface area contributed by atoms with E-state index >= 15 is 0 Å². The normalized spacial score (nSPS) is 16.6. The van der Waals surface area contributed by atoms with Crippen molar-refractivity contribution in [3.05, 3.63) is 46.8 Å². The molecule has 3 heterocycles. The second-order valence-electron chi connectivity index (χ2n) is 7.63. The first-order valence-corrected chi connectivity index (χ1v) is 10.2. The van der Waals surface area contributed by atoms with E-state index in [2.05, 4.69) is 11.8 Å². The second kappa shape index (κ2) is 8.17. The third-order valence-corrected chi connectivity index (χ3v) is 5.79. The van der Waals surface area contributed by atoms with Crippen LogP contribution in [0.3, 0.4) is 0 Å². The van der Waals surface area contributed by atoms with Crippen LogP contribution in [0.5, 0.6) is 5.75 Å². The van der Waals surface area contributed by atoms with Gasteiger partial charge in [0.15, 0.2) is 0 Å². The van der Waals surface area contributed by atoms with Gasteiger partial charge in [0.25, 0.3) is 0 Å². The lowest BCUT2D eigenvalue weighted by Crippen LogP contribution is -2.34. The third-order valence-electron chi connectivity index (χ3n) is 5.79. The standard InChI is InChI=1S/C22H28N4O2/c1-16-19-9-13-25(21(27)15-17-5-7-18(28-2)8-6-17)14-10-20(19)24-22(23-16)26-11-3-4-12-26/h5-8H,3-4,9-15H2,1-2H3. The van der Waals surface area contributed by atoms with Gasteiger partial charge in [-0.3, -0.25) is 4.79 Å². The Balaban J connectivity index is 1.44. The van der Waals surface area contributed by atoms with Crippen molar-refractivity contribution in [3.8, 4) is 5.75 Å². The van der Waals surface area contributed by atoms with E-state index in [4.69, 9.17) is 14.7 Å². The molecule has 0 radical (unpaired) electrons. The van der Waals surface area contributed by atoms with Crippen molar-refractivity contribution < 1.29 is 9.53 Å². The van der Waals surface area contributed by atoms with E-state index in [1.807, 2.05) is 29.2 Å². The summed E-state index contributed by atoms with van der Waals surface area (Å²) in [5, 5.41) is 0. The summed E-state index contributed by atoms with van der Waals surface area (Å²) in [5.41, 5.74) is 4.42. The summed E-state index contributed by atoms with van der Waals surface area (Å²) < 4.78 is 5.19. The summed E-state index contributed by atoms with van der Waals surface area (Å²) in [6.07, 6.45) is 4.48. The van der Waals surface area contributed by atoms with E-state index in [0.29, 0.717) is 6.42 Å². The minimum atomic E-state index is 0.170. The number of methoxy groups -OCH3 is 1. The van der Waals surface area contributed by atoms with Gasteiger partial charge in [0.2, 0.25) is 11.9 Å². The molecule has 6 heteroatoms. The molecule has 0 atom stereocenters. The maximum Gasteiger partial charge on any atom is 0.227 e. The van der Waals surface area contributed by atoms with Crippen LogP contribution in [-0.4, -0.2) is 54.1 Å². The SMILES string of the molecule is COc1ccc(CC(=O)N2CCc3nc(N4CCCC4)nc(C)c3CC2)cc1. The third kappa shape index (κ3) is 3.96. The quantitative estimate of drug-likeness (QED) is 0.816. The van der Waals surface area contributed by atoms with Crippen LogP contribution >= 0.6 is 0 Å². The smallest absolute Gasteiger partial charge is 0.227 e.